The van der Waals surface area contributed by atoms with Crippen LogP contribution in [-0.4, -0.2) is 33.5 Å². The molecule has 1 saturated heterocycles. The molecule has 4 nitrogen and oxygen atoms in total. The molecule has 3 rings (SSSR count). The van der Waals surface area contributed by atoms with Crippen LogP contribution in [0.4, 0.5) is 0 Å². The van der Waals surface area contributed by atoms with Gasteiger partial charge in [0.1, 0.15) is 0 Å². The molecule has 1 aliphatic heterocycles. The number of hydrogen-bond donors (Lipinski definition) is 1. The highest BCUT2D eigenvalue weighted by molar-refractivity contribution is 6.74. The van der Waals surface area contributed by atoms with Gasteiger partial charge in [0.25, 0.3) is 0 Å². The van der Waals surface area contributed by atoms with Crippen LogP contribution in [0.1, 0.15) is 61.2 Å². The first-order chi connectivity index (χ1) is 15.0. The Bertz CT molecular complexity index is 906. The molecule has 0 bridgehead atoms. The van der Waals surface area contributed by atoms with Crippen molar-refractivity contribution in [1.29, 1.82) is 0 Å². The monoisotopic (exact) mass is 473 g/mol. The average Bonchev–Trinajstić information content (AvgIpc) is 3.20. The maximum absolute atomic E-state index is 11.7. The summed E-state index contributed by atoms with van der Waals surface area (Å²) in [7, 11) is -0.561. The van der Waals surface area contributed by atoms with Gasteiger partial charge in [0, 0.05) is 17.1 Å². The maximum atomic E-state index is 11.7. The molecule has 1 aliphatic rings. The van der Waals surface area contributed by atoms with Crippen LogP contribution >= 0.6 is 11.6 Å². The zero-order valence-electron chi connectivity index (χ0n) is 20.1. The van der Waals surface area contributed by atoms with Crippen molar-refractivity contribution in [2.75, 3.05) is 7.11 Å². The molecular weight excluding hydrogens is 438 g/mol. The molecule has 1 N–H and O–H groups in total. The van der Waals surface area contributed by atoms with Crippen LogP contribution in [0.5, 0.6) is 0 Å². The highest BCUT2D eigenvalue weighted by Gasteiger charge is 2.42. The molecule has 0 saturated carbocycles. The lowest BCUT2D eigenvalue weighted by molar-refractivity contribution is 0.0600. The number of rotatable bonds is 7. The largest absolute Gasteiger partial charge is 0.465 e. The smallest absolute Gasteiger partial charge is 0.337 e. The Balaban J connectivity index is 1.74. The van der Waals surface area contributed by atoms with E-state index in [9.17, 15) is 4.79 Å². The van der Waals surface area contributed by atoms with Gasteiger partial charge in [0.05, 0.1) is 18.8 Å². The predicted molar refractivity (Wildman–Crippen MR) is 134 cm³/mol. The zero-order valence-corrected chi connectivity index (χ0v) is 21.8. The van der Waals surface area contributed by atoms with Crippen molar-refractivity contribution in [1.82, 2.24) is 5.32 Å². The van der Waals surface area contributed by atoms with E-state index >= 15 is 0 Å². The molecule has 3 atom stereocenters. The standard InChI is InChI=1S/C26H36ClNO3Si/c1-26(2,3)32(5,6)31-24(19-11-13-21(27)14-12-19)23-16-15-22(28-23)17-18-7-9-20(10-8-18)25(29)30-4/h7-14,22-24,28H,15-17H2,1-6H3/t22-,23+,24+/m0/s1. The summed E-state index contributed by atoms with van der Waals surface area (Å²) in [6.45, 7) is 11.5. The molecule has 2 aromatic rings. The first-order valence-corrected chi connectivity index (χ1v) is 14.7. The molecule has 0 spiro atoms. The van der Waals surface area contributed by atoms with Gasteiger partial charge in [-0.05, 0) is 72.8 Å². The molecule has 0 unspecified atom stereocenters. The number of hydrogen-bond acceptors (Lipinski definition) is 4. The fourth-order valence-electron chi connectivity index (χ4n) is 3.96. The first kappa shape index (κ1) is 25.0. The Morgan fingerprint density at radius 2 is 1.72 bits per heavy atom. The normalized spacial score (nSPS) is 20.2. The Morgan fingerprint density at radius 3 is 2.28 bits per heavy atom. The third-order valence-electron chi connectivity index (χ3n) is 6.92. The van der Waals surface area contributed by atoms with E-state index in [1.807, 2.05) is 36.4 Å². The van der Waals surface area contributed by atoms with Gasteiger partial charge in [-0.3, -0.25) is 0 Å². The van der Waals surface area contributed by atoms with Crippen molar-refractivity contribution < 1.29 is 14.0 Å². The Hall–Kier alpha value is -1.66. The van der Waals surface area contributed by atoms with Crippen molar-refractivity contribution >= 4 is 25.9 Å². The number of carbonyl (C=O) groups is 1. The summed E-state index contributed by atoms with van der Waals surface area (Å²) >= 11 is 6.16. The summed E-state index contributed by atoms with van der Waals surface area (Å²) < 4.78 is 11.7. The van der Waals surface area contributed by atoms with Gasteiger partial charge >= 0.3 is 5.97 Å². The topological polar surface area (TPSA) is 47.6 Å². The minimum absolute atomic E-state index is 0.000131. The van der Waals surface area contributed by atoms with Crippen LogP contribution in [-0.2, 0) is 15.6 Å². The highest BCUT2D eigenvalue weighted by atomic mass is 35.5. The summed E-state index contributed by atoms with van der Waals surface area (Å²) in [5, 5.41) is 4.73. The number of nitrogens with one attached hydrogen (secondary N) is 1. The van der Waals surface area contributed by atoms with Gasteiger partial charge in [0.15, 0.2) is 8.32 Å². The molecule has 0 radical (unpaired) electrons. The predicted octanol–water partition coefficient (Wildman–Crippen LogP) is 6.55. The quantitative estimate of drug-likeness (QED) is 0.365. The molecule has 0 aliphatic carbocycles. The molecular formula is C26H36ClNO3Si. The van der Waals surface area contributed by atoms with Crippen molar-refractivity contribution in [3.05, 3.63) is 70.2 Å². The van der Waals surface area contributed by atoms with E-state index in [-0.39, 0.29) is 23.2 Å². The highest BCUT2D eigenvalue weighted by Crippen LogP contribution is 2.42. The molecule has 0 aromatic heterocycles. The van der Waals surface area contributed by atoms with Crippen LogP contribution in [0.3, 0.4) is 0 Å². The maximum Gasteiger partial charge on any atom is 0.337 e. The third kappa shape index (κ3) is 6.01. The summed E-state index contributed by atoms with van der Waals surface area (Å²) in [5.41, 5.74) is 2.98. The summed E-state index contributed by atoms with van der Waals surface area (Å²) in [4.78, 5) is 11.7. The SMILES string of the molecule is COC(=O)c1ccc(C[C@@H]2CC[C@H]([C@H](O[Si](C)(C)C(C)(C)C)c3ccc(Cl)cc3)N2)cc1. The van der Waals surface area contributed by atoms with Crippen molar-refractivity contribution in [2.45, 2.75) is 76.4 Å². The minimum Gasteiger partial charge on any atom is -0.465 e. The molecule has 1 fully saturated rings. The second-order valence-corrected chi connectivity index (χ2v) is 15.5. The van der Waals surface area contributed by atoms with Gasteiger partial charge in [-0.15, -0.1) is 0 Å². The third-order valence-corrected chi connectivity index (χ3v) is 11.6. The number of carbonyl (C=O) groups excluding carboxylic acids is 1. The molecule has 6 heteroatoms. The lowest BCUT2D eigenvalue weighted by Gasteiger charge is -2.41. The Labute approximate surface area is 198 Å². The van der Waals surface area contributed by atoms with Crippen LogP contribution in [0.2, 0.25) is 23.2 Å². The number of benzene rings is 2. The van der Waals surface area contributed by atoms with Crippen LogP contribution in [0.15, 0.2) is 48.5 Å². The fraction of sp³-hybridized carbons (Fsp3) is 0.500. The minimum atomic E-state index is -1.97. The van der Waals surface area contributed by atoms with E-state index in [0.29, 0.717) is 11.6 Å². The van der Waals surface area contributed by atoms with E-state index in [0.717, 1.165) is 24.3 Å². The van der Waals surface area contributed by atoms with E-state index in [1.165, 1.54) is 18.2 Å². The first-order valence-electron chi connectivity index (χ1n) is 11.4. The number of ether oxygens (including phenoxy) is 1. The number of halogens is 1. The zero-order chi connectivity index (χ0) is 23.5. The summed E-state index contributed by atoms with van der Waals surface area (Å²) in [6, 6.07) is 16.4. The molecule has 32 heavy (non-hydrogen) atoms. The van der Waals surface area contributed by atoms with Crippen LogP contribution in [0.25, 0.3) is 0 Å². The van der Waals surface area contributed by atoms with Gasteiger partial charge in [-0.2, -0.15) is 0 Å². The molecule has 0 amide bonds. The van der Waals surface area contributed by atoms with Gasteiger partial charge < -0.3 is 14.5 Å². The lowest BCUT2D eigenvalue weighted by atomic mass is 10.0. The molecule has 174 valence electrons. The molecule has 2 aromatic carbocycles. The Kier molecular flexibility index (Phi) is 7.87. The van der Waals surface area contributed by atoms with Gasteiger partial charge in [-0.25, -0.2) is 4.79 Å². The van der Waals surface area contributed by atoms with E-state index in [4.69, 9.17) is 20.8 Å². The van der Waals surface area contributed by atoms with Crippen LogP contribution in [0, 0.1) is 0 Å². The average molecular weight is 474 g/mol. The van der Waals surface area contributed by atoms with E-state index < -0.39 is 8.32 Å². The second kappa shape index (κ2) is 10.1. The summed E-state index contributed by atoms with van der Waals surface area (Å²) in [5.74, 6) is -0.302. The summed E-state index contributed by atoms with van der Waals surface area (Å²) in [6.07, 6.45) is 3.08. The van der Waals surface area contributed by atoms with Gasteiger partial charge in [0.2, 0.25) is 0 Å². The van der Waals surface area contributed by atoms with E-state index in [2.05, 4.69) is 51.3 Å². The van der Waals surface area contributed by atoms with Crippen molar-refractivity contribution in [3.63, 3.8) is 0 Å². The van der Waals surface area contributed by atoms with Gasteiger partial charge in [-0.1, -0.05) is 56.6 Å². The Morgan fingerprint density at radius 1 is 1.09 bits per heavy atom. The van der Waals surface area contributed by atoms with Crippen molar-refractivity contribution in [2.24, 2.45) is 0 Å². The van der Waals surface area contributed by atoms with Crippen LogP contribution < -0.4 is 5.32 Å². The number of esters is 1. The fourth-order valence-corrected chi connectivity index (χ4v) is 5.37. The number of methoxy groups -OCH3 is 1. The van der Waals surface area contributed by atoms with Crippen molar-refractivity contribution in [3.8, 4) is 0 Å². The van der Waals surface area contributed by atoms with E-state index in [1.54, 1.807) is 0 Å². The lowest BCUT2D eigenvalue weighted by Crippen LogP contribution is -2.46. The second-order valence-electron chi connectivity index (χ2n) is 10.3. The molecule has 1 heterocycles.